The number of hydrogen-bond donors (Lipinski definition) is 1. The van der Waals surface area contributed by atoms with Gasteiger partial charge in [-0.3, -0.25) is 9.59 Å². The fraction of sp³-hybridized carbons (Fsp3) is 0.370. The van der Waals surface area contributed by atoms with Crippen molar-refractivity contribution in [3.8, 4) is 28.5 Å². The van der Waals surface area contributed by atoms with Gasteiger partial charge >= 0.3 is 0 Å². The molecular formula is C27H30N4O5. The summed E-state index contributed by atoms with van der Waals surface area (Å²) in [6, 6.07) is 11.1. The number of carbonyl (C=O) groups is 2. The van der Waals surface area contributed by atoms with Gasteiger partial charge in [0.2, 0.25) is 17.6 Å². The number of imidazole rings is 1. The Balaban J connectivity index is 1.31. The minimum absolute atomic E-state index is 0.121. The molecule has 1 aromatic heterocycles. The molecule has 0 spiro atoms. The van der Waals surface area contributed by atoms with Crippen molar-refractivity contribution >= 4 is 23.2 Å². The molecule has 1 unspecified atom stereocenters. The number of fused-ring (bicyclic) bond motifs is 1. The Kier molecular flexibility index (Phi) is 6.54. The van der Waals surface area contributed by atoms with E-state index in [-0.39, 0.29) is 24.8 Å². The highest BCUT2D eigenvalue weighted by molar-refractivity contribution is 6.04. The monoisotopic (exact) mass is 490 g/mol. The number of anilines is 2. The van der Waals surface area contributed by atoms with Crippen LogP contribution in [0.1, 0.15) is 25.1 Å². The predicted octanol–water partition coefficient (Wildman–Crippen LogP) is 3.90. The highest BCUT2D eigenvalue weighted by Gasteiger charge is 2.36. The van der Waals surface area contributed by atoms with Gasteiger partial charge in [-0.05, 0) is 25.0 Å². The molecule has 9 heteroatoms. The Labute approximate surface area is 210 Å². The van der Waals surface area contributed by atoms with E-state index in [0.29, 0.717) is 28.6 Å². The summed E-state index contributed by atoms with van der Waals surface area (Å²) in [7, 11) is 4.57. The van der Waals surface area contributed by atoms with E-state index in [0.717, 1.165) is 30.0 Å². The van der Waals surface area contributed by atoms with Gasteiger partial charge in [0.05, 0.1) is 38.6 Å². The van der Waals surface area contributed by atoms with Gasteiger partial charge in [-0.2, -0.15) is 0 Å². The minimum atomic E-state index is -0.486. The van der Waals surface area contributed by atoms with E-state index >= 15 is 0 Å². The highest BCUT2D eigenvalue weighted by Crippen LogP contribution is 2.42. The third-order valence-electron chi connectivity index (χ3n) is 6.79. The molecule has 1 saturated heterocycles. The van der Waals surface area contributed by atoms with E-state index in [2.05, 4.69) is 16.1 Å². The number of aromatic nitrogens is 2. The third kappa shape index (κ3) is 4.48. The van der Waals surface area contributed by atoms with E-state index in [9.17, 15) is 9.59 Å². The van der Waals surface area contributed by atoms with E-state index in [4.69, 9.17) is 19.2 Å². The van der Waals surface area contributed by atoms with Crippen LogP contribution in [0.5, 0.6) is 17.2 Å². The molecule has 9 nitrogen and oxygen atoms in total. The van der Waals surface area contributed by atoms with Gasteiger partial charge in [0, 0.05) is 55.5 Å². The van der Waals surface area contributed by atoms with E-state index in [1.807, 2.05) is 24.3 Å². The van der Waals surface area contributed by atoms with Gasteiger partial charge in [0.15, 0.2) is 11.5 Å². The zero-order valence-corrected chi connectivity index (χ0v) is 20.7. The summed E-state index contributed by atoms with van der Waals surface area (Å²) in [4.78, 5) is 32.3. The molecular weight excluding hydrogens is 460 g/mol. The molecule has 188 valence electrons. The average Bonchev–Trinajstić information content (AvgIpc) is 3.51. The summed E-state index contributed by atoms with van der Waals surface area (Å²) >= 11 is 0. The Hall–Kier alpha value is -4.01. The number of carbonyl (C=O) groups excluding carboxylic acids is 2. The SMILES string of the molecule is COc1cc(N2CC(C(=O)Nc3cccc(-c4cn5c(n4)CCCC5)c3)CC2=O)cc(OC)c1OC. The van der Waals surface area contributed by atoms with Crippen molar-refractivity contribution in [1.29, 1.82) is 0 Å². The summed E-state index contributed by atoms with van der Waals surface area (Å²) in [5.41, 5.74) is 3.14. The van der Waals surface area contributed by atoms with Crippen molar-refractivity contribution in [3.05, 3.63) is 48.4 Å². The van der Waals surface area contributed by atoms with Crippen LogP contribution in [0.15, 0.2) is 42.6 Å². The molecule has 2 aliphatic rings. The molecule has 36 heavy (non-hydrogen) atoms. The number of hydrogen-bond acceptors (Lipinski definition) is 6. The van der Waals surface area contributed by atoms with Crippen molar-refractivity contribution in [2.24, 2.45) is 5.92 Å². The van der Waals surface area contributed by atoms with E-state index in [1.54, 1.807) is 17.0 Å². The summed E-state index contributed by atoms with van der Waals surface area (Å²) in [6.07, 6.45) is 5.54. The van der Waals surface area contributed by atoms with Gasteiger partial charge in [0.25, 0.3) is 0 Å². The van der Waals surface area contributed by atoms with Crippen molar-refractivity contribution in [2.45, 2.75) is 32.2 Å². The maximum atomic E-state index is 13.1. The number of benzene rings is 2. The standard InChI is InChI=1S/C27H30N4O5/c1-34-22-13-20(14-23(35-2)26(22)36-3)31-15-18(12-25(31)32)27(33)28-19-8-6-7-17(11-19)21-16-30-10-5-4-9-24(30)29-21/h6-8,11,13-14,16,18H,4-5,9-10,12,15H2,1-3H3,(H,28,33). The van der Waals surface area contributed by atoms with Gasteiger partial charge in [-0.15, -0.1) is 0 Å². The van der Waals surface area contributed by atoms with Gasteiger partial charge in [0.1, 0.15) is 5.82 Å². The minimum Gasteiger partial charge on any atom is -0.493 e. The second-order valence-electron chi connectivity index (χ2n) is 9.05. The molecule has 2 aromatic carbocycles. The second kappa shape index (κ2) is 9.93. The Morgan fingerprint density at radius 3 is 2.53 bits per heavy atom. The number of methoxy groups -OCH3 is 3. The summed E-state index contributed by atoms with van der Waals surface area (Å²) in [5.74, 6) is 1.64. The lowest BCUT2D eigenvalue weighted by Crippen LogP contribution is -2.28. The molecule has 1 atom stereocenters. The van der Waals surface area contributed by atoms with Crippen LogP contribution in [0.3, 0.4) is 0 Å². The quantitative estimate of drug-likeness (QED) is 0.540. The smallest absolute Gasteiger partial charge is 0.229 e. The van der Waals surface area contributed by atoms with Crippen molar-refractivity contribution in [3.63, 3.8) is 0 Å². The lowest BCUT2D eigenvalue weighted by atomic mass is 10.1. The predicted molar refractivity (Wildman–Crippen MR) is 136 cm³/mol. The first-order chi connectivity index (χ1) is 17.5. The number of aryl methyl sites for hydroxylation is 2. The molecule has 3 heterocycles. The van der Waals surface area contributed by atoms with Gasteiger partial charge in [-0.25, -0.2) is 4.98 Å². The fourth-order valence-corrected chi connectivity index (χ4v) is 4.91. The first kappa shape index (κ1) is 23.7. The van der Waals surface area contributed by atoms with Crippen LogP contribution in [0.25, 0.3) is 11.3 Å². The van der Waals surface area contributed by atoms with Gasteiger partial charge < -0.3 is 29.0 Å². The van der Waals surface area contributed by atoms with Crippen molar-refractivity contribution in [1.82, 2.24) is 9.55 Å². The van der Waals surface area contributed by atoms with E-state index < -0.39 is 5.92 Å². The molecule has 2 amide bonds. The molecule has 5 rings (SSSR count). The van der Waals surface area contributed by atoms with Crippen LogP contribution in [0.2, 0.25) is 0 Å². The fourth-order valence-electron chi connectivity index (χ4n) is 4.91. The van der Waals surface area contributed by atoms with Crippen LogP contribution >= 0.6 is 0 Å². The van der Waals surface area contributed by atoms with Gasteiger partial charge in [-0.1, -0.05) is 12.1 Å². The molecule has 2 aliphatic heterocycles. The molecule has 1 fully saturated rings. The number of nitrogens with zero attached hydrogens (tertiary/aromatic N) is 3. The number of rotatable bonds is 7. The third-order valence-corrected chi connectivity index (χ3v) is 6.79. The molecule has 0 saturated carbocycles. The van der Waals surface area contributed by atoms with Crippen LogP contribution in [0.4, 0.5) is 11.4 Å². The van der Waals surface area contributed by atoms with Crippen molar-refractivity contribution in [2.75, 3.05) is 38.1 Å². The maximum absolute atomic E-state index is 13.1. The Morgan fingerprint density at radius 1 is 1.06 bits per heavy atom. The normalized spacial score (nSPS) is 17.0. The lowest BCUT2D eigenvalue weighted by molar-refractivity contribution is -0.122. The molecule has 0 aliphatic carbocycles. The second-order valence-corrected chi connectivity index (χ2v) is 9.05. The first-order valence-corrected chi connectivity index (χ1v) is 12.1. The zero-order valence-electron chi connectivity index (χ0n) is 20.7. The summed E-state index contributed by atoms with van der Waals surface area (Å²) in [6.45, 7) is 1.26. The average molecular weight is 491 g/mol. The summed E-state index contributed by atoms with van der Waals surface area (Å²) < 4.78 is 18.4. The van der Waals surface area contributed by atoms with Crippen LogP contribution < -0.4 is 24.4 Å². The maximum Gasteiger partial charge on any atom is 0.229 e. The van der Waals surface area contributed by atoms with Crippen molar-refractivity contribution < 1.29 is 23.8 Å². The Morgan fingerprint density at radius 2 is 1.83 bits per heavy atom. The molecule has 0 bridgehead atoms. The first-order valence-electron chi connectivity index (χ1n) is 12.1. The van der Waals surface area contributed by atoms with Crippen LogP contribution in [0, 0.1) is 5.92 Å². The van der Waals surface area contributed by atoms with Crippen LogP contribution in [-0.4, -0.2) is 49.2 Å². The Bertz CT molecular complexity index is 1250. The van der Waals surface area contributed by atoms with Crippen LogP contribution in [-0.2, 0) is 22.6 Å². The lowest BCUT2D eigenvalue weighted by Gasteiger charge is -2.20. The molecule has 3 aromatic rings. The van der Waals surface area contributed by atoms with E-state index in [1.165, 1.54) is 34.2 Å². The number of nitrogens with one attached hydrogen (secondary N) is 1. The summed E-state index contributed by atoms with van der Waals surface area (Å²) in [5, 5.41) is 2.99. The topological polar surface area (TPSA) is 94.9 Å². The zero-order chi connectivity index (χ0) is 25.2. The largest absolute Gasteiger partial charge is 0.493 e. The molecule has 1 N–H and O–H groups in total. The highest BCUT2D eigenvalue weighted by atomic mass is 16.5. The number of amides is 2. The number of ether oxygens (including phenoxy) is 3. The molecule has 0 radical (unpaired) electrons.